The van der Waals surface area contributed by atoms with E-state index >= 15 is 0 Å². The Morgan fingerprint density at radius 2 is 2.11 bits per heavy atom. The highest BCUT2D eigenvalue weighted by Gasteiger charge is 2.34. The van der Waals surface area contributed by atoms with E-state index in [-0.39, 0.29) is 6.04 Å². The maximum Gasteiger partial charge on any atom is 0.239 e. The van der Waals surface area contributed by atoms with Crippen LogP contribution in [0.4, 0.5) is 0 Å². The molecule has 1 amide bonds. The molecule has 0 radical (unpaired) electrons. The van der Waals surface area contributed by atoms with E-state index in [9.17, 15) is 4.79 Å². The summed E-state index contributed by atoms with van der Waals surface area (Å²) >= 11 is 0. The van der Waals surface area contributed by atoms with E-state index in [1.807, 2.05) is 7.05 Å². The monoisotopic (exact) mass is 267 g/mol. The number of carbonyl (C=O) groups is 1. The average Bonchev–Trinajstić information content (AvgIpc) is 2.88. The predicted octanol–water partition coefficient (Wildman–Crippen LogP) is 1.32. The first kappa shape index (κ1) is 14.8. The van der Waals surface area contributed by atoms with Gasteiger partial charge in [0.25, 0.3) is 0 Å². The van der Waals surface area contributed by atoms with Gasteiger partial charge in [-0.2, -0.15) is 0 Å². The lowest BCUT2D eigenvalue weighted by atomic mass is 10.0. The largest absolute Gasteiger partial charge is 0.341 e. The van der Waals surface area contributed by atoms with Gasteiger partial charge < -0.3 is 10.2 Å². The van der Waals surface area contributed by atoms with E-state index < -0.39 is 0 Å². The minimum Gasteiger partial charge on any atom is -0.341 e. The maximum atomic E-state index is 12.7. The Morgan fingerprint density at radius 3 is 2.84 bits per heavy atom. The second-order valence-corrected chi connectivity index (χ2v) is 6.04. The Labute approximate surface area is 117 Å². The standard InChI is InChI=1S/C15H29N3O/c1-3-8-17-9-5-4-6-14(17)15(19)18-10-7-13(12-18)11-16-2/h13-14,16H,3-12H2,1-2H3. The van der Waals surface area contributed by atoms with Crippen molar-refractivity contribution in [2.45, 2.75) is 45.1 Å². The van der Waals surface area contributed by atoms with Crippen molar-refractivity contribution >= 4 is 5.91 Å². The van der Waals surface area contributed by atoms with Gasteiger partial charge in [-0.1, -0.05) is 13.3 Å². The molecule has 2 rings (SSSR count). The molecule has 0 aliphatic carbocycles. The van der Waals surface area contributed by atoms with Crippen LogP contribution in [0.2, 0.25) is 0 Å². The Balaban J connectivity index is 1.90. The van der Waals surface area contributed by atoms with Crippen LogP contribution in [0.25, 0.3) is 0 Å². The fourth-order valence-corrected chi connectivity index (χ4v) is 3.52. The van der Waals surface area contributed by atoms with Crippen LogP contribution in [0, 0.1) is 5.92 Å². The van der Waals surface area contributed by atoms with Crippen molar-refractivity contribution in [2.24, 2.45) is 5.92 Å². The molecule has 0 saturated carbocycles. The Morgan fingerprint density at radius 1 is 1.26 bits per heavy atom. The van der Waals surface area contributed by atoms with Gasteiger partial charge in [-0.3, -0.25) is 9.69 Å². The molecule has 2 saturated heterocycles. The molecule has 2 aliphatic heterocycles. The zero-order chi connectivity index (χ0) is 13.7. The number of nitrogens with one attached hydrogen (secondary N) is 1. The minimum absolute atomic E-state index is 0.169. The van der Waals surface area contributed by atoms with Gasteiger partial charge in [0.2, 0.25) is 5.91 Å². The topological polar surface area (TPSA) is 35.6 Å². The lowest BCUT2D eigenvalue weighted by molar-refractivity contribution is -0.137. The quantitative estimate of drug-likeness (QED) is 0.816. The van der Waals surface area contributed by atoms with Gasteiger partial charge >= 0.3 is 0 Å². The van der Waals surface area contributed by atoms with Crippen LogP contribution in [0.3, 0.4) is 0 Å². The van der Waals surface area contributed by atoms with E-state index in [4.69, 9.17) is 0 Å². The SMILES string of the molecule is CCCN1CCCCC1C(=O)N1CCC(CNC)C1. The van der Waals surface area contributed by atoms with Gasteiger partial charge in [0.1, 0.15) is 0 Å². The molecule has 0 aromatic rings. The zero-order valence-electron chi connectivity index (χ0n) is 12.5. The fourth-order valence-electron chi connectivity index (χ4n) is 3.52. The number of nitrogens with zero attached hydrogens (tertiary/aromatic N) is 2. The van der Waals surface area contributed by atoms with E-state index in [1.54, 1.807) is 0 Å². The normalized spacial score (nSPS) is 28.8. The molecule has 1 N–H and O–H groups in total. The first-order valence-electron chi connectivity index (χ1n) is 7.93. The van der Waals surface area contributed by atoms with Crippen LogP contribution in [0.1, 0.15) is 39.0 Å². The van der Waals surface area contributed by atoms with E-state index in [0.717, 1.165) is 52.0 Å². The number of piperidine rings is 1. The smallest absolute Gasteiger partial charge is 0.239 e. The molecule has 0 bridgehead atoms. The average molecular weight is 267 g/mol. The number of hydrogen-bond acceptors (Lipinski definition) is 3. The number of carbonyl (C=O) groups excluding carboxylic acids is 1. The van der Waals surface area contributed by atoms with Gasteiger partial charge in [0.05, 0.1) is 6.04 Å². The summed E-state index contributed by atoms with van der Waals surface area (Å²) < 4.78 is 0. The van der Waals surface area contributed by atoms with Crippen molar-refractivity contribution in [1.82, 2.24) is 15.1 Å². The summed E-state index contributed by atoms with van der Waals surface area (Å²) in [6.45, 7) is 7.34. The van der Waals surface area contributed by atoms with Crippen molar-refractivity contribution in [3.8, 4) is 0 Å². The van der Waals surface area contributed by atoms with Crippen LogP contribution in [0.5, 0.6) is 0 Å². The van der Waals surface area contributed by atoms with Gasteiger partial charge in [0, 0.05) is 13.1 Å². The molecule has 2 fully saturated rings. The Kier molecular flexibility index (Phi) is 5.64. The van der Waals surface area contributed by atoms with Gasteiger partial charge in [-0.15, -0.1) is 0 Å². The molecule has 2 aliphatic rings. The summed E-state index contributed by atoms with van der Waals surface area (Å²) in [5, 5.41) is 3.23. The molecule has 0 aromatic heterocycles. The zero-order valence-corrected chi connectivity index (χ0v) is 12.5. The molecule has 2 atom stereocenters. The maximum absolute atomic E-state index is 12.7. The predicted molar refractivity (Wildman–Crippen MR) is 78.1 cm³/mol. The number of amides is 1. The van der Waals surface area contributed by atoms with Crippen LogP contribution >= 0.6 is 0 Å². The van der Waals surface area contributed by atoms with Crippen molar-refractivity contribution in [1.29, 1.82) is 0 Å². The summed E-state index contributed by atoms with van der Waals surface area (Å²) in [5.41, 5.74) is 0. The molecule has 2 unspecified atom stereocenters. The summed E-state index contributed by atoms with van der Waals surface area (Å²) in [6.07, 6.45) is 5.84. The molecule has 19 heavy (non-hydrogen) atoms. The van der Waals surface area contributed by atoms with Crippen LogP contribution < -0.4 is 5.32 Å². The third-order valence-electron chi connectivity index (χ3n) is 4.50. The minimum atomic E-state index is 0.169. The highest BCUT2D eigenvalue weighted by molar-refractivity contribution is 5.82. The molecule has 4 heteroatoms. The first-order valence-corrected chi connectivity index (χ1v) is 7.93. The summed E-state index contributed by atoms with van der Waals surface area (Å²) in [5.74, 6) is 1.05. The van der Waals surface area contributed by atoms with Gasteiger partial charge in [-0.05, 0) is 58.3 Å². The summed E-state index contributed by atoms with van der Waals surface area (Å²) in [6, 6.07) is 0.169. The molecule has 0 aromatic carbocycles. The van der Waals surface area contributed by atoms with Crippen LogP contribution in [-0.2, 0) is 4.79 Å². The third-order valence-corrected chi connectivity index (χ3v) is 4.50. The van der Waals surface area contributed by atoms with Crippen LogP contribution in [-0.4, -0.2) is 61.5 Å². The van der Waals surface area contributed by atoms with Gasteiger partial charge in [0.15, 0.2) is 0 Å². The highest BCUT2D eigenvalue weighted by Crippen LogP contribution is 2.23. The summed E-state index contributed by atoms with van der Waals surface area (Å²) in [7, 11) is 1.99. The highest BCUT2D eigenvalue weighted by atomic mass is 16.2. The van der Waals surface area contributed by atoms with E-state index in [2.05, 4.69) is 22.0 Å². The second-order valence-electron chi connectivity index (χ2n) is 6.04. The lowest BCUT2D eigenvalue weighted by Gasteiger charge is -2.36. The van der Waals surface area contributed by atoms with Crippen molar-refractivity contribution < 1.29 is 4.79 Å². The molecule has 0 spiro atoms. The molecular weight excluding hydrogens is 238 g/mol. The first-order chi connectivity index (χ1) is 9.26. The third kappa shape index (κ3) is 3.69. The van der Waals surface area contributed by atoms with Crippen molar-refractivity contribution in [2.75, 3.05) is 39.8 Å². The van der Waals surface area contributed by atoms with Crippen LogP contribution in [0.15, 0.2) is 0 Å². The van der Waals surface area contributed by atoms with Crippen molar-refractivity contribution in [3.63, 3.8) is 0 Å². The summed E-state index contributed by atoms with van der Waals surface area (Å²) in [4.78, 5) is 17.2. The molecule has 110 valence electrons. The second kappa shape index (κ2) is 7.25. The Hall–Kier alpha value is -0.610. The van der Waals surface area contributed by atoms with Crippen molar-refractivity contribution in [3.05, 3.63) is 0 Å². The van der Waals surface area contributed by atoms with E-state index in [1.165, 1.54) is 12.8 Å². The molecule has 2 heterocycles. The Bertz CT molecular complexity index is 293. The number of likely N-dealkylation sites (tertiary alicyclic amines) is 2. The lowest BCUT2D eigenvalue weighted by Crippen LogP contribution is -2.50. The number of rotatable bonds is 5. The number of hydrogen-bond donors (Lipinski definition) is 1. The fraction of sp³-hybridized carbons (Fsp3) is 0.933. The molecular formula is C15H29N3O. The van der Waals surface area contributed by atoms with E-state index in [0.29, 0.717) is 11.8 Å². The van der Waals surface area contributed by atoms with Gasteiger partial charge in [-0.25, -0.2) is 0 Å². The molecule has 4 nitrogen and oxygen atoms in total.